The lowest BCUT2D eigenvalue weighted by Gasteiger charge is -2.21. The number of rotatable bonds is 6. The fourth-order valence-electron chi connectivity index (χ4n) is 2.21. The van der Waals surface area contributed by atoms with E-state index in [4.69, 9.17) is 34.8 Å². The average Bonchev–Trinajstić information content (AvgIpc) is 2.59. The zero-order valence-corrected chi connectivity index (χ0v) is 16.5. The van der Waals surface area contributed by atoms with E-state index in [1.807, 2.05) is 0 Å². The Bertz CT molecular complexity index is 777. The highest BCUT2D eigenvalue weighted by Crippen LogP contribution is 2.29. The maximum Gasteiger partial charge on any atom is 0.282 e. The maximum absolute atomic E-state index is 12.3. The first-order chi connectivity index (χ1) is 12.3. The lowest BCUT2D eigenvalue weighted by Crippen LogP contribution is -3.14. The molecular weight excluding hydrogens is 397 g/mol. The van der Waals surface area contributed by atoms with Gasteiger partial charge in [0.2, 0.25) is 0 Å². The van der Waals surface area contributed by atoms with Crippen LogP contribution in [0.1, 0.15) is 6.92 Å². The summed E-state index contributed by atoms with van der Waals surface area (Å²) in [6.07, 6.45) is 0. The Morgan fingerprint density at radius 3 is 2.15 bits per heavy atom. The number of amides is 2. The van der Waals surface area contributed by atoms with Crippen molar-refractivity contribution in [2.24, 2.45) is 0 Å². The highest BCUT2D eigenvalue weighted by molar-refractivity contribution is 6.39. The molecule has 0 aliphatic rings. The fourth-order valence-corrected chi connectivity index (χ4v) is 2.83. The van der Waals surface area contributed by atoms with Crippen molar-refractivity contribution < 1.29 is 14.5 Å². The number of anilines is 2. The van der Waals surface area contributed by atoms with E-state index in [0.29, 0.717) is 26.4 Å². The van der Waals surface area contributed by atoms with Crippen molar-refractivity contribution in [3.63, 3.8) is 0 Å². The van der Waals surface area contributed by atoms with Gasteiger partial charge in [0.15, 0.2) is 12.6 Å². The lowest BCUT2D eigenvalue weighted by molar-refractivity contribution is -0.885. The third-order valence-corrected chi connectivity index (χ3v) is 4.79. The Morgan fingerprint density at radius 2 is 1.58 bits per heavy atom. The van der Waals surface area contributed by atoms with Crippen LogP contribution in [0.3, 0.4) is 0 Å². The molecular formula is C18H19Cl3N3O2+. The van der Waals surface area contributed by atoms with Gasteiger partial charge in [-0.1, -0.05) is 40.9 Å². The van der Waals surface area contributed by atoms with Crippen LogP contribution >= 0.6 is 34.8 Å². The lowest BCUT2D eigenvalue weighted by atomic mass is 10.2. The Hall–Kier alpha value is -1.79. The van der Waals surface area contributed by atoms with Crippen molar-refractivity contribution in [2.75, 3.05) is 24.2 Å². The van der Waals surface area contributed by atoms with Crippen molar-refractivity contribution in [1.82, 2.24) is 0 Å². The summed E-state index contributed by atoms with van der Waals surface area (Å²) in [5, 5.41) is 6.80. The minimum Gasteiger partial charge on any atom is -0.321 e. The van der Waals surface area contributed by atoms with Crippen LogP contribution < -0.4 is 15.5 Å². The molecule has 0 aromatic heterocycles. The van der Waals surface area contributed by atoms with Crippen LogP contribution in [0.4, 0.5) is 11.4 Å². The number of hydrogen-bond acceptors (Lipinski definition) is 2. The third kappa shape index (κ3) is 5.61. The van der Waals surface area contributed by atoms with Gasteiger partial charge in [0.1, 0.15) is 0 Å². The largest absolute Gasteiger partial charge is 0.321 e. The molecule has 0 saturated carbocycles. The van der Waals surface area contributed by atoms with Gasteiger partial charge in [0, 0.05) is 10.7 Å². The standard InChI is InChI=1S/C18H18Cl3N3O2/c1-11(18(26)22-13-8-6-12(19)7-9-13)24(2)10-16(25)23-17-14(20)4-3-5-15(17)21/h3-9,11H,10H2,1-2H3,(H,22,26)(H,23,25)/p+1/t11-/m1/s1. The molecule has 0 radical (unpaired) electrons. The van der Waals surface area contributed by atoms with Crippen molar-refractivity contribution in [2.45, 2.75) is 13.0 Å². The summed E-state index contributed by atoms with van der Waals surface area (Å²) in [4.78, 5) is 25.3. The van der Waals surface area contributed by atoms with E-state index in [2.05, 4.69) is 10.6 Å². The number of carbonyl (C=O) groups excluding carboxylic acids is 2. The molecule has 2 aromatic carbocycles. The van der Waals surface area contributed by atoms with Crippen molar-refractivity contribution in [1.29, 1.82) is 0 Å². The molecule has 2 atom stereocenters. The zero-order valence-electron chi connectivity index (χ0n) is 14.3. The molecule has 0 aliphatic heterocycles. The molecule has 5 nitrogen and oxygen atoms in total. The summed E-state index contributed by atoms with van der Waals surface area (Å²) >= 11 is 17.9. The SMILES string of the molecule is C[C@H](C(=O)Nc1ccc(Cl)cc1)[NH+](C)CC(=O)Nc1c(Cl)cccc1Cl. The normalized spacial score (nSPS) is 13.0. The summed E-state index contributed by atoms with van der Waals surface area (Å²) in [5.74, 6) is -0.489. The summed E-state index contributed by atoms with van der Waals surface area (Å²) < 4.78 is 0. The molecule has 2 aromatic rings. The molecule has 3 N–H and O–H groups in total. The van der Waals surface area contributed by atoms with Gasteiger partial charge in [-0.05, 0) is 43.3 Å². The van der Waals surface area contributed by atoms with Gasteiger partial charge in [-0.3, -0.25) is 9.59 Å². The molecule has 2 amide bonds. The minimum absolute atomic E-state index is 0.0801. The van der Waals surface area contributed by atoms with Gasteiger partial charge in [-0.2, -0.15) is 0 Å². The number of likely N-dealkylation sites (N-methyl/N-ethyl adjacent to an activating group) is 1. The second kappa shape index (κ2) is 9.24. The first-order valence-electron chi connectivity index (χ1n) is 7.90. The maximum atomic E-state index is 12.3. The summed E-state index contributed by atoms with van der Waals surface area (Å²) in [7, 11) is 1.76. The Kier molecular flexibility index (Phi) is 7.29. The molecule has 0 spiro atoms. The quantitative estimate of drug-likeness (QED) is 0.679. The van der Waals surface area contributed by atoms with Crippen LogP contribution in [0.25, 0.3) is 0 Å². The monoisotopic (exact) mass is 414 g/mol. The molecule has 26 heavy (non-hydrogen) atoms. The molecule has 0 heterocycles. The van der Waals surface area contributed by atoms with Crippen LogP contribution in [-0.2, 0) is 9.59 Å². The average molecular weight is 416 g/mol. The number of carbonyl (C=O) groups is 2. The second-order valence-corrected chi connectivity index (χ2v) is 7.14. The summed E-state index contributed by atoms with van der Waals surface area (Å²) in [5.41, 5.74) is 1.01. The molecule has 0 aliphatic carbocycles. The number of hydrogen-bond donors (Lipinski definition) is 3. The number of halogens is 3. The number of quaternary nitrogens is 1. The van der Waals surface area contributed by atoms with Crippen molar-refractivity contribution in [3.8, 4) is 0 Å². The number of benzene rings is 2. The van der Waals surface area contributed by atoms with E-state index in [-0.39, 0.29) is 18.4 Å². The summed E-state index contributed by atoms with van der Waals surface area (Å²) in [6.45, 7) is 1.83. The second-order valence-electron chi connectivity index (χ2n) is 5.89. The fraction of sp³-hybridized carbons (Fsp3) is 0.222. The third-order valence-electron chi connectivity index (χ3n) is 3.91. The minimum atomic E-state index is -0.446. The molecule has 1 unspecified atom stereocenters. The Morgan fingerprint density at radius 1 is 1.00 bits per heavy atom. The topological polar surface area (TPSA) is 62.6 Å². The van der Waals surface area contributed by atoms with Crippen LogP contribution in [-0.4, -0.2) is 31.4 Å². The number of nitrogens with one attached hydrogen (secondary N) is 3. The van der Waals surface area contributed by atoms with Gasteiger partial charge >= 0.3 is 0 Å². The first kappa shape index (κ1) is 20.5. The van der Waals surface area contributed by atoms with Crippen molar-refractivity contribution >= 4 is 58.0 Å². The summed E-state index contributed by atoms with van der Waals surface area (Å²) in [6, 6.07) is 11.4. The first-order valence-corrected chi connectivity index (χ1v) is 9.04. The smallest absolute Gasteiger partial charge is 0.282 e. The highest BCUT2D eigenvalue weighted by Gasteiger charge is 2.24. The van der Waals surface area contributed by atoms with E-state index >= 15 is 0 Å². The highest BCUT2D eigenvalue weighted by atomic mass is 35.5. The van der Waals surface area contributed by atoms with E-state index in [1.165, 1.54) is 0 Å². The molecule has 2 rings (SSSR count). The van der Waals surface area contributed by atoms with E-state index in [9.17, 15) is 9.59 Å². The predicted octanol–water partition coefficient (Wildman–Crippen LogP) is 3.13. The van der Waals surface area contributed by atoms with Gasteiger partial charge in [0.25, 0.3) is 11.8 Å². The Labute approximate surface area is 167 Å². The zero-order chi connectivity index (χ0) is 19.3. The van der Waals surface area contributed by atoms with Gasteiger partial charge in [-0.25, -0.2) is 0 Å². The van der Waals surface area contributed by atoms with Gasteiger partial charge in [-0.15, -0.1) is 0 Å². The van der Waals surface area contributed by atoms with Crippen LogP contribution in [0, 0.1) is 0 Å². The number of para-hydroxylation sites is 1. The van der Waals surface area contributed by atoms with E-state index < -0.39 is 6.04 Å². The van der Waals surface area contributed by atoms with Crippen LogP contribution in [0.2, 0.25) is 15.1 Å². The molecule has 8 heteroatoms. The van der Waals surface area contributed by atoms with Gasteiger partial charge < -0.3 is 15.5 Å². The van der Waals surface area contributed by atoms with Crippen molar-refractivity contribution in [3.05, 3.63) is 57.5 Å². The van der Waals surface area contributed by atoms with E-state index in [1.54, 1.807) is 56.4 Å². The van der Waals surface area contributed by atoms with Crippen LogP contribution in [0.15, 0.2) is 42.5 Å². The molecule has 138 valence electrons. The Balaban J connectivity index is 1.93. The molecule has 0 bridgehead atoms. The van der Waals surface area contributed by atoms with E-state index in [0.717, 1.165) is 4.90 Å². The molecule has 0 fully saturated rings. The van der Waals surface area contributed by atoms with Crippen LogP contribution in [0.5, 0.6) is 0 Å². The molecule has 0 saturated heterocycles. The predicted molar refractivity (Wildman–Crippen MR) is 106 cm³/mol. The van der Waals surface area contributed by atoms with Gasteiger partial charge in [0.05, 0.1) is 22.8 Å².